The summed E-state index contributed by atoms with van der Waals surface area (Å²) < 4.78 is 17.0. The first kappa shape index (κ1) is 68.4. The van der Waals surface area contributed by atoms with Gasteiger partial charge in [-0.1, -0.05) is 324 Å². The molecule has 0 heterocycles. The second kappa shape index (κ2) is 56.7. The summed E-state index contributed by atoms with van der Waals surface area (Å²) in [6, 6.07) is 0. The minimum absolute atomic E-state index is 0.0620. The first-order chi connectivity index (χ1) is 34.2. The molecular formula is C64H124O6. The van der Waals surface area contributed by atoms with Crippen molar-refractivity contribution in [2.45, 2.75) is 368 Å². The molecule has 0 aliphatic heterocycles. The van der Waals surface area contributed by atoms with Crippen LogP contribution in [0.1, 0.15) is 362 Å². The second-order valence-corrected chi connectivity index (χ2v) is 23.0. The number of carbonyl (C=O) groups is 3. The van der Waals surface area contributed by atoms with Crippen molar-refractivity contribution >= 4 is 17.9 Å². The highest BCUT2D eigenvalue weighted by atomic mass is 16.6. The van der Waals surface area contributed by atoms with Gasteiger partial charge in [0.05, 0.1) is 0 Å². The van der Waals surface area contributed by atoms with Crippen molar-refractivity contribution in [1.82, 2.24) is 0 Å². The van der Waals surface area contributed by atoms with E-state index in [4.69, 9.17) is 14.2 Å². The predicted octanol–water partition coefficient (Wildman–Crippen LogP) is 21.2. The van der Waals surface area contributed by atoms with Crippen LogP contribution in [0.3, 0.4) is 0 Å². The van der Waals surface area contributed by atoms with Crippen LogP contribution in [0, 0.1) is 11.8 Å². The summed E-state index contributed by atoms with van der Waals surface area (Å²) in [6.45, 7) is 11.4. The minimum Gasteiger partial charge on any atom is -0.462 e. The second-order valence-electron chi connectivity index (χ2n) is 23.0. The van der Waals surface area contributed by atoms with Crippen LogP contribution in [0.15, 0.2) is 0 Å². The molecule has 6 heteroatoms. The highest BCUT2D eigenvalue weighted by molar-refractivity contribution is 5.71. The fourth-order valence-electron chi connectivity index (χ4n) is 9.93. The maximum atomic E-state index is 12.9. The zero-order valence-electron chi connectivity index (χ0n) is 48.2. The van der Waals surface area contributed by atoms with E-state index in [1.54, 1.807) is 0 Å². The van der Waals surface area contributed by atoms with Gasteiger partial charge in [0.1, 0.15) is 13.2 Å². The van der Waals surface area contributed by atoms with Gasteiger partial charge in [0, 0.05) is 19.3 Å². The Balaban J connectivity index is 4.26. The molecule has 416 valence electrons. The van der Waals surface area contributed by atoms with Gasteiger partial charge in [-0.2, -0.15) is 0 Å². The average Bonchev–Trinajstić information content (AvgIpc) is 3.33. The first-order valence-electron chi connectivity index (χ1n) is 31.7. The minimum atomic E-state index is -0.763. The maximum absolute atomic E-state index is 12.9. The van der Waals surface area contributed by atoms with Crippen LogP contribution in [0.2, 0.25) is 0 Å². The molecule has 0 bridgehead atoms. The normalized spacial score (nSPS) is 12.0. The lowest BCUT2D eigenvalue weighted by molar-refractivity contribution is -0.167. The molecule has 0 saturated carbocycles. The van der Waals surface area contributed by atoms with Gasteiger partial charge in [-0.05, 0) is 31.1 Å². The number of hydrogen-bond acceptors (Lipinski definition) is 6. The number of carbonyl (C=O) groups excluding carboxylic acids is 3. The number of ether oxygens (including phenoxy) is 3. The Morgan fingerprint density at radius 2 is 0.471 bits per heavy atom. The highest BCUT2D eigenvalue weighted by Crippen LogP contribution is 2.19. The Bertz CT molecular complexity index is 1070. The standard InChI is InChI=1S/C64H124O6/c1-6-7-8-9-10-11-12-13-14-17-22-25-30-36-41-46-51-56-64(67)70-61(58-69-63(66)55-50-45-40-35-31-26-28-33-38-43-48-53-60(4)5)57-68-62(65)54-49-44-39-34-29-24-21-19-16-15-18-20-23-27-32-37-42-47-52-59(2)3/h59-61H,6-58H2,1-5H3/t61-/m1/s1. The van der Waals surface area contributed by atoms with Crippen molar-refractivity contribution in [2.24, 2.45) is 11.8 Å². The van der Waals surface area contributed by atoms with Crippen LogP contribution in [-0.2, 0) is 28.6 Å². The van der Waals surface area contributed by atoms with E-state index < -0.39 is 6.10 Å². The van der Waals surface area contributed by atoms with E-state index in [-0.39, 0.29) is 31.1 Å². The maximum Gasteiger partial charge on any atom is 0.306 e. The van der Waals surface area contributed by atoms with Crippen LogP contribution in [0.4, 0.5) is 0 Å². The van der Waals surface area contributed by atoms with Gasteiger partial charge in [-0.3, -0.25) is 14.4 Å². The van der Waals surface area contributed by atoms with Crippen molar-refractivity contribution in [1.29, 1.82) is 0 Å². The quantitative estimate of drug-likeness (QED) is 0.0343. The summed E-state index contributed by atoms with van der Waals surface area (Å²) in [6.07, 6.45) is 62.5. The summed E-state index contributed by atoms with van der Waals surface area (Å²) in [7, 11) is 0. The molecule has 0 amide bonds. The molecule has 0 aromatic carbocycles. The van der Waals surface area contributed by atoms with Crippen LogP contribution < -0.4 is 0 Å². The predicted molar refractivity (Wildman–Crippen MR) is 303 cm³/mol. The highest BCUT2D eigenvalue weighted by Gasteiger charge is 2.19. The Morgan fingerprint density at radius 1 is 0.271 bits per heavy atom. The lowest BCUT2D eigenvalue weighted by Gasteiger charge is -2.18. The fraction of sp³-hybridized carbons (Fsp3) is 0.953. The molecule has 1 atom stereocenters. The molecule has 0 unspecified atom stereocenters. The molecule has 0 aromatic rings. The monoisotopic (exact) mass is 989 g/mol. The first-order valence-corrected chi connectivity index (χ1v) is 31.7. The number of rotatable bonds is 58. The lowest BCUT2D eigenvalue weighted by Crippen LogP contribution is -2.30. The van der Waals surface area contributed by atoms with E-state index >= 15 is 0 Å². The van der Waals surface area contributed by atoms with Crippen LogP contribution >= 0.6 is 0 Å². The van der Waals surface area contributed by atoms with E-state index in [9.17, 15) is 14.4 Å². The zero-order chi connectivity index (χ0) is 51.1. The summed E-state index contributed by atoms with van der Waals surface area (Å²) in [4.78, 5) is 38.3. The number of unbranched alkanes of at least 4 members (excludes halogenated alkanes) is 43. The van der Waals surface area contributed by atoms with E-state index in [1.165, 1.54) is 250 Å². The van der Waals surface area contributed by atoms with Crippen molar-refractivity contribution in [3.63, 3.8) is 0 Å². The van der Waals surface area contributed by atoms with Crippen molar-refractivity contribution < 1.29 is 28.6 Å². The Hall–Kier alpha value is -1.59. The average molecular weight is 990 g/mol. The lowest BCUT2D eigenvalue weighted by atomic mass is 10.0. The third-order valence-electron chi connectivity index (χ3n) is 14.7. The van der Waals surface area contributed by atoms with Crippen molar-refractivity contribution in [2.75, 3.05) is 13.2 Å². The van der Waals surface area contributed by atoms with Crippen LogP contribution in [0.25, 0.3) is 0 Å². The largest absolute Gasteiger partial charge is 0.462 e. The molecule has 0 saturated heterocycles. The van der Waals surface area contributed by atoms with Gasteiger partial charge in [0.15, 0.2) is 6.10 Å². The van der Waals surface area contributed by atoms with E-state index in [1.807, 2.05) is 0 Å². The van der Waals surface area contributed by atoms with Gasteiger partial charge in [0.2, 0.25) is 0 Å². The van der Waals surface area contributed by atoms with Crippen molar-refractivity contribution in [3.05, 3.63) is 0 Å². The third kappa shape index (κ3) is 57.3. The Labute approximate surface area is 438 Å². The van der Waals surface area contributed by atoms with Gasteiger partial charge >= 0.3 is 17.9 Å². The molecule has 0 spiro atoms. The van der Waals surface area contributed by atoms with E-state index in [2.05, 4.69) is 34.6 Å². The Morgan fingerprint density at radius 3 is 0.700 bits per heavy atom. The molecule has 0 rings (SSSR count). The molecule has 6 nitrogen and oxygen atoms in total. The summed E-state index contributed by atoms with van der Waals surface area (Å²) in [5.74, 6) is 0.853. The van der Waals surface area contributed by atoms with E-state index in [0.29, 0.717) is 19.3 Å². The number of esters is 3. The van der Waals surface area contributed by atoms with Gasteiger partial charge in [-0.25, -0.2) is 0 Å². The van der Waals surface area contributed by atoms with Crippen molar-refractivity contribution in [3.8, 4) is 0 Å². The molecule has 0 aliphatic carbocycles. The molecule has 0 fully saturated rings. The van der Waals surface area contributed by atoms with Gasteiger partial charge < -0.3 is 14.2 Å². The summed E-state index contributed by atoms with van der Waals surface area (Å²) in [5, 5.41) is 0. The molecule has 0 N–H and O–H groups in total. The molecule has 0 aliphatic rings. The Kier molecular flexibility index (Phi) is 55.4. The number of hydrogen-bond donors (Lipinski definition) is 0. The third-order valence-corrected chi connectivity index (χ3v) is 14.7. The van der Waals surface area contributed by atoms with Crippen LogP contribution in [0.5, 0.6) is 0 Å². The topological polar surface area (TPSA) is 78.9 Å². The molecule has 70 heavy (non-hydrogen) atoms. The van der Waals surface area contributed by atoms with E-state index in [0.717, 1.165) is 69.6 Å². The zero-order valence-corrected chi connectivity index (χ0v) is 48.2. The van der Waals surface area contributed by atoms with Crippen LogP contribution in [-0.4, -0.2) is 37.2 Å². The molecular weight excluding hydrogens is 865 g/mol. The SMILES string of the molecule is CCCCCCCCCCCCCCCCCCCC(=O)O[C@H](COC(=O)CCCCCCCCCCCCCCCCCCCCC(C)C)COC(=O)CCCCCCCCCCCCCC(C)C. The summed E-state index contributed by atoms with van der Waals surface area (Å²) in [5.41, 5.74) is 0. The molecule has 0 aromatic heterocycles. The smallest absolute Gasteiger partial charge is 0.306 e. The van der Waals surface area contributed by atoms with Gasteiger partial charge in [0.25, 0.3) is 0 Å². The fourth-order valence-corrected chi connectivity index (χ4v) is 9.93. The summed E-state index contributed by atoms with van der Waals surface area (Å²) >= 11 is 0. The molecule has 0 radical (unpaired) electrons. The van der Waals surface area contributed by atoms with Gasteiger partial charge in [-0.15, -0.1) is 0 Å².